The summed E-state index contributed by atoms with van der Waals surface area (Å²) >= 11 is 0. The minimum atomic E-state index is -0.775. The highest BCUT2D eigenvalue weighted by atomic mass is 16.7. The van der Waals surface area contributed by atoms with Gasteiger partial charge in [0.2, 0.25) is 6.29 Å². The zero-order valence-corrected chi connectivity index (χ0v) is 8.27. The summed E-state index contributed by atoms with van der Waals surface area (Å²) in [6, 6.07) is 3.58. The molecular formula is C10H13NO3. The van der Waals surface area contributed by atoms with Gasteiger partial charge in [-0.05, 0) is 17.7 Å². The summed E-state index contributed by atoms with van der Waals surface area (Å²) < 4.78 is 9.69. The second-order valence-corrected chi connectivity index (χ2v) is 2.80. The van der Waals surface area contributed by atoms with Crippen LogP contribution < -0.4 is 0 Å². The summed E-state index contributed by atoms with van der Waals surface area (Å²) in [5.41, 5.74) is 0.907. The van der Waals surface area contributed by atoms with E-state index < -0.39 is 6.29 Å². The van der Waals surface area contributed by atoms with Gasteiger partial charge >= 0.3 is 0 Å². The molecule has 4 nitrogen and oxygen atoms in total. The van der Waals surface area contributed by atoms with Crippen molar-refractivity contribution >= 4 is 5.78 Å². The Bertz CT molecular complexity index is 283. The number of methoxy groups -OCH3 is 2. The van der Waals surface area contributed by atoms with Gasteiger partial charge in [0, 0.05) is 33.0 Å². The van der Waals surface area contributed by atoms with Crippen LogP contribution in [0.2, 0.25) is 0 Å². The van der Waals surface area contributed by atoms with Crippen molar-refractivity contribution in [1.29, 1.82) is 0 Å². The first-order chi connectivity index (χ1) is 6.77. The molecule has 0 N–H and O–H groups in total. The minimum Gasteiger partial charge on any atom is -0.349 e. The van der Waals surface area contributed by atoms with Gasteiger partial charge in [0.25, 0.3) is 0 Å². The topological polar surface area (TPSA) is 48.4 Å². The molecule has 14 heavy (non-hydrogen) atoms. The molecule has 1 aromatic heterocycles. The molecule has 0 amide bonds. The van der Waals surface area contributed by atoms with Crippen molar-refractivity contribution in [2.24, 2.45) is 0 Å². The maximum absolute atomic E-state index is 11.5. The molecule has 0 aliphatic heterocycles. The molecule has 0 aliphatic rings. The van der Waals surface area contributed by atoms with Gasteiger partial charge in [0.05, 0.1) is 0 Å². The van der Waals surface area contributed by atoms with E-state index >= 15 is 0 Å². The summed E-state index contributed by atoms with van der Waals surface area (Å²) in [6.45, 7) is 0. The standard InChI is InChI=1S/C10H13NO3/c1-13-10(14-2)9(12)7-8-3-5-11-6-4-8/h3-6,10H,7H2,1-2H3. The van der Waals surface area contributed by atoms with Gasteiger partial charge in [-0.2, -0.15) is 0 Å². The Balaban J connectivity index is 2.57. The number of ether oxygens (including phenoxy) is 2. The molecule has 0 atom stereocenters. The quantitative estimate of drug-likeness (QED) is 0.652. The third-order valence-corrected chi connectivity index (χ3v) is 1.82. The lowest BCUT2D eigenvalue weighted by Crippen LogP contribution is -2.26. The molecule has 76 valence electrons. The van der Waals surface area contributed by atoms with Gasteiger partial charge in [0.15, 0.2) is 5.78 Å². The van der Waals surface area contributed by atoms with Gasteiger partial charge < -0.3 is 9.47 Å². The van der Waals surface area contributed by atoms with E-state index in [0.717, 1.165) is 5.56 Å². The molecule has 0 fully saturated rings. The van der Waals surface area contributed by atoms with Crippen LogP contribution in [0.1, 0.15) is 5.56 Å². The fourth-order valence-electron chi connectivity index (χ4n) is 1.14. The number of hydrogen-bond acceptors (Lipinski definition) is 4. The summed E-state index contributed by atoms with van der Waals surface area (Å²) in [5, 5.41) is 0. The van der Waals surface area contributed by atoms with Crippen molar-refractivity contribution in [1.82, 2.24) is 4.98 Å². The number of aromatic nitrogens is 1. The molecule has 0 spiro atoms. The number of rotatable bonds is 5. The van der Waals surface area contributed by atoms with Crippen LogP contribution in [-0.4, -0.2) is 31.3 Å². The number of ketones is 1. The number of carbonyl (C=O) groups is 1. The van der Waals surface area contributed by atoms with Gasteiger partial charge in [0.1, 0.15) is 0 Å². The van der Waals surface area contributed by atoms with Gasteiger partial charge in [-0.1, -0.05) is 0 Å². The van der Waals surface area contributed by atoms with E-state index in [-0.39, 0.29) is 5.78 Å². The van der Waals surface area contributed by atoms with Crippen molar-refractivity contribution in [3.8, 4) is 0 Å². The van der Waals surface area contributed by atoms with Crippen LogP contribution in [0.5, 0.6) is 0 Å². The molecule has 1 heterocycles. The van der Waals surface area contributed by atoms with Gasteiger partial charge in [-0.25, -0.2) is 0 Å². The molecule has 1 aromatic rings. The van der Waals surface area contributed by atoms with Crippen LogP contribution in [0.25, 0.3) is 0 Å². The molecule has 0 aliphatic carbocycles. The normalized spacial score (nSPS) is 10.5. The lowest BCUT2D eigenvalue weighted by Gasteiger charge is -2.11. The van der Waals surface area contributed by atoms with Crippen molar-refractivity contribution in [2.45, 2.75) is 12.7 Å². The van der Waals surface area contributed by atoms with Crippen molar-refractivity contribution in [2.75, 3.05) is 14.2 Å². The number of nitrogens with zero attached hydrogens (tertiary/aromatic N) is 1. The fourth-order valence-corrected chi connectivity index (χ4v) is 1.14. The Morgan fingerprint density at radius 2 is 1.93 bits per heavy atom. The zero-order chi connectivity index (χ0) is 10.4. The second-order valence-electron chi connectivity index (χ2n) is 2.80. The van der Waals surface area contributed by atoms with E-state index in [4.69, 9.17) is 9.47 Å². The number of hydrogen-bond donors (Lipinski definition) is 0. The smallest absolute Gasteiger partial charge is 0.217 e. The van der Waals surface area contributed by atoms with E-state index in [1.54, 1.807) is 24.5 Å². The Hall–Kier alpha value is -1.26. The Morgan fingerprint density at radius 1 is 1.36 bits per heavy atom. The summed E-state index contributed by atoms with van der Waals surface area (Å²) in [6.07, 6.45) is 2.83. The van der Waals surface area contributed by atoms with E-state index in [1.807, 2.05) is 0 Å². The molecule has 4 heteroatoms. The fraction of sp³-hybridized carbons (Fsp3) is 0.400. The average molecular weight is 195 g/mol. The highest BCUT2D eigenvalue weighted by Crippen LogP contribution is 2.03. The highest BCUT2D eigenvalue weighted by Gasteiger charge is 2.16. The first kappa shape index (κ1) is 10.8. The highest BCUT2D eigenvalue weighted by molar-refractivity contribution is 5.83. The van der Waals surface area contributed by atoms with Crippen LogP contribution >= 0.6 is 0 Å². The van der Waals surface area contributed by atoms with Crippen LogP contribution in [0.15, 0.2) is 24.5 Å². The molecule has 0 radical (unpaired) electrons. The van der Waals surface area contributed by atoms with Crippen molar-refractivity contribution < 1.29 is 14.3 Å². The minimum absolute atomic E-state index is 0.0961. The summed E-state index contributed by atoms with van der Waals surface area (Å²) in [7, 11) is 2.89. The molecule has 0 bridgehead atoms. The summed E-state index contributed by atoms with van der Waals surface area (Å²) in [4.78, 5) is 15.4. The van der Waals surface area contributed by atoms with Crippen molar-refractivity contribution in [3.05, 3.63) is 30.1 Å². The van der Waals surface area contributed by atoms with Crippen LogP contribution in [0.3, 0.4) is 0 Å². The number of Topliss-reactive ketones (excluding diaryl/α,β-unsaturated/α-hetero) is 1. The number of carbonyl (C=O) groups excluding carboxylic acids is 1. The Labute approximate surface area is 82.9 Å². The molecule has 0 unspecified atom stereocenters. The first-order valence-electron chi connectivity index (χ1n) is 4.25. The lowest BCUT2D eigenvalue weighted by atomic mass is 10.1. The third kappa shape index (κ3) is 2.90. The van der Waals surface area contributed by atoms with E-state index in [0.29, 0.717) is 6.42 Å². The molecule has 0 saturated carbocycles. The molecule has 0 aromatic carbocycles. The van der Waals surface area contributed by atoms with Crippen LogP contribution in [-0.2, 0) is 20.7 Å². The van der Waals surface area contributed by atoms with Gasteiger partial charge in [-0.3, -0.25) is 9.78 Å². The third-order valence-electron chi connectivity index (χ3n) is 1.82. The SMILES string of the molecule is COC(OC)C(=O)Cc1ccncc1. The lowest BCUT2D eigenvalue weighted by molar-refractivity contribution is -0.155. The number of pyridine rings is 1. The van der Waals surface area contributed by atoms with Crippen LogP contribution in [0, 0.1) is 0 Å². The van der Waals surface area contributed by atoms with Gasteiger partial charge in [-0.15, -0.1) is 0 Å². The van der Waals surface area contributed by atoms with E-state index in [2.05, 4.69) is 4.98 Å². The zero-order valence-electron chi connectivity index (χ0n) is 8.27. The predicted octanol–water partition coefficient (Wildman–Crippen LogP) is 0.812. The Kier molecular flexibility index (Phi) is 4.22. The Morgan fingerprint density at radius 3 is 2.43 bits per heavy atom. The largest absolute Gasteiger partial charge is 0.349 e. The predicted molar refractivity (Wildman–Crippen MR) is 50.8 cm³/mol. The summed E-state index contributed by atoms with van der Waals surface area (Å²) in [5.74, 6) is -0.0961. The molecule has 0 saturated heterocycles. The average Bonchev–Trinajstić information content (AvgIpc) is 2.21. The van der Waals surface area contributed by atoms with E-state index in [1.165, 1.54) is 14.2 Å². The molecule has 1 rings (SSSR count). The maximum atomic E-state index is 11.5. The monoisotopic (exact) mass is 195 g/mol. The van der Waals surface area contributed by atoms with Crippen LogP contribution in [0.4, 0.5) is 0 Å². The first-order valence-corrected chi connectivity index (χ1v) is 4.25. The molecular weight excluding hydrogens is 182 g/mol. The maximum Gasteiger partial charge on any atom is 0.217 e. The van der Waals surface area contributed by atoms with Crippen molar-refractivity contribution in [3.63, 3.8) is 0 Å². The van der Waals surface area contributed by atoms with E-state index in [9.17, 15) is 4.79 Å². The second kappa shape index (κ2) is 5.47.